The fourth-order valence-electron chi connectivity index (χ4n) is 2.67. The van der Waals surface area contributed by atoms with Crippen LogP contribution in [0.2, 0.25) is 0 Å². The van der Waals surface area contributed by atoms with E-state index in [1.54, 1.807) is 11.3 Å². The summed E-state index contributed by atoms with van der Waals surface area (Å²) >= 11 is 4.43. The molecule has 2 aromatic carbocycles. The third-order valence-electron chi connectivity index (χ3n) is 4.08. The van der Waals surface area contributed by atoms with Gasteiger partial charge in [0.05, 0.1) is 28.3 Å². The Kier molecular flexibility index (Phi) is 6.13. The number of carbonyl (C=O) groups is 1. The number of aryl methyl sites for hydroxylation is 1. The number of hydrogen-bond donors (Lipinski definition) is 1. The first-order chi connectivity index (χ1) is 14.1. The number of rotatable bonds is 7. The lowest BCUT2D eigenvalue weighted by molar-refractivity contribution is -0.113. The van der Waals surface area contributed by atoms with Crippen LogP contribution in [0.4, 0.5) is 5.13 Å². The topological polar surface area (TPSA) is 64.1 Å². The molecule has 1 amide bonds. The van der Waals surface area contributed by atoms with Crippen LogP contribution in [0.3, 0.4) is 0 Å². The first kappa shape index (κ1) is 19.9. The number of ether oxygens (including phenoxy) is 1. The van der Waals surface area contributed by atoms with Crippen LogP contribution < -0.4 is 10.1 Å². The minimum absolute atomic E-state index is 0.0888. The molecular weight excluding hydrogens is 422 g/mol. The fourth-order valence-corrected chi connectivity index (χ4v) is 5.31. The quantitative estimate of drug-likeness (QED) is 0.364. The Balaban J connectivity index is 1.35. The number of aromatic nitrogens is 2. The molecule has 2 aromatic heterocycles. The van der Waals surface area contributed by atoms with Crippen LogP contribution in [0.25, 0.3) is 21.5 Å². The molecule has 0 spiro atoms. The second-order valence-electron chi connectivity index (χ2n) is 6.28. The summed E-state index contributed by atoms with van der Waals surface area (Å²) < 4.78 is 7.45. The number of thioether (sulfide) groups is 1. The number of nitrogens with zero attached hydrogens (tertiary/aromatic N) is 2. The molecule has 4 aromatic rings. The number of thiazole rings is 2. The molecular formula is C21H19N3O2S3. The molecule has 8 heteroatoms. The van der Waals surface area contributed by atoms with Gasteiger partial charge in [-0.1, -0.05) is 41.6 Å². The normalized spacial score (nSPS) is 11.0. The highest BCUT2D eigenvalue weighted by Gasteiger charge is 2.11. The largest absolute Gasteiger partial charge is 0.494 e. The Bertz CT molecular complexity index is 1140. The van der Waals surface area contributed by atoms with Crippen molar-refractivity contribution in [1.29, 1.82) is 0 Å². The molecule has 2 heterocycles. The van der Waals surface area contributed by atoms with Gasteiger partial charge in [-0.15, -0.1) is 22.7 Å². The zero-order valence-corrected chi connectivity index (χ0v) is 18.4. The van der Waals surface area contributed by atoms with Crippen LogP contribution in [0.1, 0.15) is 12.5 Å². The SMILES string of the molecule is CCOc1ccc2nc(SCC(=O)Nc3nc(-c4ccc(C)cc4)cs3)sc2c1. The summed E-state index contributed by atoms with van der Waals surface area (Å²) in [5.74, 6) is 1.04. The van der Waals surface area contributed by atoms with Crippen molar-refractivity contribution in [3.63, 3.8) is 0 Å². The number of fused-ring (bicyclic) bond motifs is 1. The summed E-state index contributed by atoms with van der Waals surface area (Å²) in [6, 6.07) is 14.0. The van der Waals surface area contributed by atoms with E-state index in [9.17, 15) is 4.79 Å². The van der Waals surface area contributed by atoms with E-state index in [1.807, 2.05) is 42.6 Å². The van der Waals surface area contributed by atoms with Crippen molar-refractivity contribution < 1.29 is 9.53 Å². The van der Waals surface area contributed by atoms with E-state index in [0.29, 0.717) is 11.7 Å². The van der Waals surface area contributed by atoms with Crippen LogP contribution in [-0.4, -0.2) is 28.2 Å². The lowest BCUT2D eigenvalue weighted by Gasteiger charge is -2.00. The molecule has 0 aliphatic carbocycles. The highest BCUT2D eigenvalue weighted by Crippen LogP contribution is 2.32. The average molecular weight is 442 g/mol. The Morgan fingerprint density at radius 3 is 2.79 bits per heavy atom. The molecule has 0 atom stereocenters. The van der Waals surface area contributed by atoms with Gasteiger partial charge in [0.25, 0.3) is 0 Å². The number of hydrogen-bond acceptors (Lipinski definition) is 7. The van der Waals surface area contributed by atoms with Gasteiger partial charge in [0.15, 0.2) is 9.47 Å². The Morgan fingerprint density at radius 2 is 2.00 bits per heavy atom. The van der Waals surface area contributed by atoms with Crippen molar-refractivity contribution in [2.45, 2.75) is 18.2 Å². The average Bonchev–Trinajstić information content (AvgIpc) is 3.33. The molecule has 0 radical (unpaired) electrons. The predicted molar refractivity (Wildman–Crippen MR) is 122 cm³/mol. The standard InChI is InChI=1S/C21H19N3O2S3/c1-3-26-15-8-9-16-18(10-15)29-21(23-16)28-12-19(25)24-20-22-17(11-27-20)14-6-4-13(2)5-7-14/h4-11H,3,12H2,1-2H3,(H,22,24,25). The van der Waals surface area contributed by atoms with E-state index < -0.39 is 0 Å². The van der Waals surface area contributed by atoms with E-state index in [2.05, 4.69) is 34.3 Å². The fraction of sp³-hybridized carbons (Fsp3) is 0.190. The molecule has 0 fully saturated rings. The summed E-state index contributed by atoms with van der Waals surface area (Å²) in [6.45, 7) is 4.65. The minimum Gasteiger partial charge on any atom is -0.494 e. The van der Waals surface area contributed by atoms with Crippen molar-refractivity contribution in [2.24, 2.45) is 0 Å². The molecule has 0 aliphatic heterocycles. The molecule has 148 valence electrons. The van der Waals surface area contributed by atoms with Crippen molar-refractivity contribution in [3.05, 3.63) is 53.4 Å². The number of anilines is 1. The number of amides is 1. The van der Waals surface area contributed by atoms with Crippen molar-refractivity contribution in [3.8, 4) is 17.0 Å². The van der Waals surface area contributed by atoms with Crippen LogP contribution in [-0.2, 0) is 4.79 Å². The van der Waals surface area contributed by atoms with Gasteiger partial charge in [0.1, 0.15) is 5.75 Å². The predicted octanol–water partition coefficient (Wildman–Crippen LogP) is 5.86. The molecule has 0 saturated heterocycles. The van der Waals surface area contributed by atoms with Crippen molar-refractivity contribution in [1.82, 2.24) is 9.97 Å². The Morgan fingerprint density at radius 1 is 1.17 bits per heavy atom. The van der Waals surface area contributed by atoms with Crippen LogP contribution in [0.15, 0.2) is 52.2 Å². The van der Waals surface area contributed by atoms with E-state index in [-0.39, 0.29) is 11.7 Å². The van der Waals surface area contributed by atoms with Crippen molar-refractivity contribution >= 4 is 55.7 Å². The molecule has 5 nitrogen and oxygen atoms in total. The third kappa shape index (κ3) is 4.95. The summed E-state index contributed by atoms with van der Waals surface area (Å²) in [7, 11) is 0. The maximum Gasteiger partial charge on any atom is 0.236 e. The molecule has 0 aliphatic rings. The first-order valence-electron chi connectivity index (χ1n) is 9.09. The number of benzene rings is 2. The molecule has 0 bridgehead atoms. The van der Waals surface area contributed by atoms with Gasteiger partial charge in [-0.25, -0.2) is 9.97 Å². The smallest absolute Gasteiger partial charge is 0.236 e. The van der Waals surface area contributed by atoms with E-state index in [1.165, 1.54) is 28.7 Å². The summed E-state index contributed by atoms with van der Waals surface area (Å²) in [5.41, 5.74) is 4.04. The van der Waals surface area contributed by atoms with E-state index >= 15 is 0 Å². The zero-order chi connectivity index (χ0) is 20.2. The third-order valence-corrected chi connectivity index (χ3v) is 6.99. The maximum atomic E-state index is 12.3. The second-order valence-corrected chi connectivity index (χ2v) is 9.39. The monoisotopic (exact) mass is 441 g/mol. The first-order valence-corrected chi connectivity index (χ1v) is 11.8. The lowest BCUT2D eigenvalue weighted by atomic mass is 10.1. The summed E-state index contributed by atoms with van der Waals surface area (Å²) in [6.07, 6.45) is 0. The maximum absolute atomic E-state index is 12.3. The molecule has 29 heavy (non-hydrogen) atoms. The summed E-state index contributed by atoms with van der Waals surface area (Å²) in [4.78, 5) is 21.4. The van der Waals surface area contributed by atoms with Crippen LogP contribution in [0.5, 0.6) is 5.75 Å². The Hall–Kier alpha value is -2.42. The van der Waals surface area contributed by atoms with Gasteiger partial charge < -0.3 is 10.1 Å². The zero-order valence-electron chi connectivity index (χ0n) is 16.0. The van der Waals surface area contributed by atoms with E-state index in [4.69, 9.17) is 4.74 Å². The highest BCUT2D eigenvalue weighted by atomic mass is 32.2. The highest BCUT2D eigenvalue weighted by molar-refractivity contribution is 8.01. The van der Waals surface area contributed by atoms with Gasteiger partial charge in [-0.3, -0.25) is 4.79 Å². The second kappa shape index (κ2) is 8.94. The Labute approximate surface area is 181 Å². The number of nitrogens with one attached hydrogen (secondary N) is 1. The van der Waals surface area contributed by atoms with Crippen LogP contribution >= 0.6 is 34.4 Å². The van der Waals surface area contributed by atoms with Gasteiger partial charge in [-0.05, 0) is 32.0 Å². The number of carbonyl (C=O) groups excluding carboxylic acids is 1. The molecule has 0 unspecified atom stereocenters. The van der Waals surface area contributed by atoms with Gasteiger partial charge in [0, 0.05) is 10.9 Å². The van der Waals surface area contributed by atoms with Gasteiger partial charge in [0.2, 0.25) is 5.91 Å². The molecule has 4 rings (SSSR count). The van der Waals surface area contributed by atoms with Crippen LogP contribution in [0, 0.1) is 6.92 Å². The molecule has 0 saturated carbocycles. The van der Waals surface area contributed by atoms with Gasteiger partial charge >= 0.3 is 0 Å². The lowest BCUT2D eigenvalue weighted by Crippen LogP contribution is -2.13. The van der Waals surface area contributed by atoms with E-state index in [0.717, 1.165) is 31.6 Å². The van der Waals surface area contributed by atoms with Crippen molar-refractivity contribution in [2.75, 3.05) is 17.7 Å². The summed E-state index contributed by atoms with van der Waals surface area (Å²) in [5, 5.41) is 5.44. The molecule has 1 N–H and O–H groups in total. The minimum atomic E-state index is -0.0888. The van der Waals surface area contributed by atoms with Gasteiger partial charge in [-0.2, -0.15) is 0 Å².